The van der Waals surface area contributed by atoms with E-state index in [1.807, 2.05) is 12.1 Å². The molecule has 100 valence electrons. The third-order valence-corrected chi connectivity index (χ3v) is 3.30. The number of hydrogen-bond acceptors (Lipinski definition) is 5. The van der Waals surface area contributed by atoms with E-state index in [2.05, 4.69) is 25.5 Å². The second-order valence-electron chi connectivity index (χ2n) is 3.85. The molecule has 0 aliphatic carbocycles. The van der Waals surface area contributed by atoms with Crippen LogP contribution in [0.15, 0.2) is 35.2 Å². The highest BCUT2D eigenvalue weighted by atomic mass is 35.5. The topological polar surface area (TPSA) is 83.6 Å². The van der Waals surface area contributed by atoms with E-state index in [4.69, 9.17) is 11.6 Å². The van der Waals surface area contributed by atoms with Crippen LogP contribution in [0.25, 0.3) is 11.4 Å². The summed E-state index contributed by atoms with van der Waals surface area (Å²) in [6.07, 6.45) is 0. The molecular formula is C12H8ClN5OS. The summed E-state index contributed by atoms with van der Waals surface area (Å²) in [4.78, 5) is 19.9. The Hall–Kier alpha value is -2.25. The SMILES string of the molecule is O=C(Nc1n[nH]c(-c2cccc(Cl)c2)n1)c1cscn1. The van der Waals surface area contributed by atoms with Crippen molar-refractivity contribution in [2.45, 2.75) is 0 Å². The number of carbonyl (C=O) groups excluding carboxylic acids is 1. The number of H-pyrrole nitrogens is 1. The number of amides is 1. The summed E-state index contributed by atoms with van der Waals surface area (Å²) in [5, 5.41) is 11.5. The Labute approximate surface area is 122 Å². The van der Waals surface area contributed by atoms with Crippen molar-refractivity contribution in [2.24, 2.45) is 0 Å². The Kier molecular flexibility index (Phi) is 3.44. The van der Waals surface area contributed by atoms with E-state index >= 15 is 0 Å². The lowest BCUT2D eigenvalue weighted by Crippen LogP contribution is -2.13. The molecule has 3 rings (SSSR count). The summed E-state index contributed by atoms with van der Waals surface area (Å²) < 4.78 is 0. The van der Waals surface area contributed by atoms with Crippen LogP contribution in [0.5, 0.6) is 0 Å². The third kappa shape index (κ3) is 2.68. The molecule has 1 amide bonds. The molecule has 3 aromatic rings. The highest BCUT2D eigenvalue weighted by Gasteiger charge is 2.12. The molecule has 0 unspecified atom stereocenters. The number of benzene rings is 1. The van der Waals surface area contributed by atoms with Crippen LogP contribution in [0.1, 0.15) is 10.5 Å². The Morgan fingerprint density at radius 1 is 1.40 bits per heavy atom. The van der Waals surface area contributed by atoms with E-state index in [0.29, 0.717) is 16.5 Å². The molecule has 0 atom stereocenters. The number of halogens is 1. The Morgan fingerprint density at radius 2 is 2.30 bits per heavy atom. The van der Waals surface area contributed by atoms with E-state index in [0.717, 1.165) is 5.56 Å². The summed E-state index contributed by atoms with van der Waals surface area (Å²) in [6.45, 7) is 0. The standard InChI is InChI=1S/C12H8ClN5OS/c13-8-3-1-2-7(4-8)10-15-12(18-17-10)16-11(19)9-5-20-6-14-9/h1-6H,(H2,15,16,17,18,19). The van der Waals surface area contributed by atoms with Crippen LogP contribution in [0.3, 0.4) is 0 Å². The van der Waals surface area contributed by atoms with Gasteiger partial charge in [0.2, 0.25) is 5.95 Å². The molecule has 1 aromatic carbocycles. The van der Waals surface area contributed by atoms with Gasteiger partial charge in [-0.3, -0.25) is 15.2 Å². The maximum absolute atomic E-state index is 11.8. The highest BCUT2D eigenvalue weighted by Crippen LogP contribution is 2.20. The summed E-state index contributed by atoms with van der Waals surface area (Å²) in [5.74, 6) is 0.377. The van der Waals surface area contributed by atoms with E-state index in [1.54, 1.807) is 23.0 Å². The van der Waals surface area contributed by atoms with Gasteiger partial charge in [-0.15, -0.1) is 16.4 Å². The maximum Gasteiger partial charge on any atom is 0.277 e. The van der Waals surface area contributed by atoms with Crippen molar-refractivity contribution in [1.29, 1.82) is 0 Å². The molecule has 2 N–H and O–H groups in total. The zero-order chi connectivity index (χ0) is 13.9. The molecule has 6 nitrogen and oxygen atoms in total. The van der Waals surface area contributed by atoms with Gasteiger partial charge in [0, 0.05) is 16.0 Å². The van der Waals surface area contributed by atoms with Gasteiger partial charge in [-0.25, -0.2) is 4.98 Å². The second-order valence-corrected chi connectivity index (χ2v) is 5.00. The van der Waals surface area contributed by atoms with Crippen LogP contribution < -0.4 is 5.32 Å². The zero-order valence-corrected chi connectivity index (χ0v) is 11.6. The predicted octanol–water partition coefficient (Wildman–Crippen LogP) is 2.83. The van der Waals surface area contributed by atoms with Crippen LogP contribution in [-0.4, -0.2) is 26.1 Å². The number of nitrogens with one attached hydrogen (secondary N) is 2. The largest absolute Gasteiger partial charge is 0.288 e. The van der Waals surface area contributed by atoms with Gasteiger partial charge < -0.3 is 0 Å². The lowest BCUT2D eigenvalue weighted by atomic mass is 10.2. The van der Waals surface area contributed by atoms with E-state index in [1.165, 1.54) is 11.3 Å². The van der Waals surface area contributed by atoms with Crippen LogP contribution in [0.2, 0.25) is 5.02 Å². The van der Waals surface area contributed by atoms with Gasteiger partial charge in [0.05, 0.1) is 5.51 Å². The molecule has 0 saturated carbocycles. The number of thiazole rings is 1. The fraction of sp³-hybridized carbons (Fsp3) is 0. The first-order chi connectivity index (χ1) is 9.72. The molecule has 2 aromatic heterocycles. The van der Waals surface area contributed by atoms with E-state index < -0.39 is 0 Å². The average molecular weight is 306 g/mol. The van der Waals surface area contributed by atoms with Crippen molar-refractivity contribution in [3.05, 3.63) is 45.9 Å². The summed E-state index contributed by atoms with van der Waals surface area (Å²) in [5.41, 5.74) is 2.72. The van der Waals surface area contributed by atoms with Crippen molar-refractivity contribution in [3.8, 4) is 11.4 Å². The fourth-order valence-corrected chi connectivity index (χ4v) is 2.30. The number of rotatable bonds is 3. The van der Waals surface area contributed by atoms with Crippen molar-refractivity contribution in [3.63, 3.8) is 0 Å². The monoisotopic (exact) mass is 305 g/mol. The number of anilines is 1. The first kappa shape index (κ1) is 12.8. The molecule has 8 heteroatoms. The molecule has 20 heavy (non-hydrogen) atoms. The Balaban J connectivity index is 1.79. The summed E-state index contributed by atoms with van der Waals surface area (Å²) in [7, 11) is 0. The predicted molar refractivity (Wildman–Crippen MR) is 76.9 cm³/mol. The van der Waals surface area contributed by atoms with Crippen LogP contribution in [0.4, 0.5) is 5.95 Å². The Morgan fingerprint density at radius 3 is 3.05 bits per heavy atom. The molecule has 0 saturated heterocycles. The maximum atomic E-state index is 11.8. The number of aromatic amines is 1. The van der Waals surface area contributed by atoms with Gasteiger partial charge >= 0.3 is 0 Å². The number of nitrogens with zero attached hydrogens (tertiary/aromatic N) is 3. The molecule has 0 radical (unpaired) electrons. The summed E-state index contributed by atoms with van der Waals surface area (Å²) in [6, 6.07) is 7.19. The number of aromatic nitrogens is 4. The first-order valence-electron chi connectivity index (χ1n) is 5.60. The van der Waals surface area contributed by atoms with E-state index in [-0.39, 0.29) is 11.9 Å². The minimum Gasteiger partial charge on any atom is -0.288 e. The molecule has 2 heterocycles. The van der Waals surface area contributed by atoms with Crippen molar-refractivity contribution >= 4 is 34.8 Å². The smallest absolute Gasteiger partial charge is 0.277 e. The van der Waals surface area contributed by atoms with Gasteiger partial charge in [-0.05, 0) is 12.1 Å². The highest BCUT2D eigenvalue weighted by molar-refractivity contribution is 7.07. The lowest BCUT2D eigenvalue weighted by Gasteiger charge is -1.97. The molecule has 0 spiro atoms. The number of hydrogen-bond donors (Lipinski definition) is 2. The van der Waals surface area contributed by atoms with Gasteiger partial charge in [0.1, 0.15) is 5.69 Å². The minimum absolute atomic E-state index is 0.193. The van der Waals surface area contributed by atoms with Gasteiger partial charge in [-0.2, -0.15) is 4.98 Å². The fourth-order valence-electron chi connectivity index (χ4n) is 1.57. The van der Waals surface area contributed by atoms with Crippen LogP contribution in [0, 0.1) is 0 Å². The zero-order valence-electron chi connectivity index (χ0n) is 10.0. The Bertz CT molecular complexity index is 740. The van der Waals surface area contributed by atoms with Crippen molar-refractivity contribution in [2.75, 3.05) is 5.32 Å². The van der Waals surface area contributed by atoms with Gasteiger partial charge in [-0.1, -0.05) is 23.7 Å². The van der Waals surface area contributed by atoms with E-state index in [9.17, 15) is 4.79 Å². The quantitative estimate of drug-likeness (QED) is 0.779. The normalized spacial score (nSPS) is 10.4. The number of carbonyl (C=O) groups is 1. The summed E-state index contributed by atoms with van der Waals surface area (Å²) >= 11 is 7.26. The second kappa shape index (κ2) is 5.40. The third-order valence-electron chi connectivity index (χ3n) is 2.47. The van der Waals surface area contributed by atoms with Gasteiger partial charge in [0.15, 0.2) is 5.82 Å². The molecule has 0 bridgehead atoms. The molecule has 0 aliphatic rings. The minimum atomic E-state index is -0.345. The molecule has 0 aliphatic heterocycles. The van der Waals surface area contributed by atoms with Crippen molar-refractivity contribution in [1.82, 2.24) is 20.2 Å². The van der Waals surface area contributed by atoms with Crippen LogP contribution >= 0.6 is 22.9 Å². The average Bonchev–Trinajstić information content (AvgIpc) is 3.10. The van der Waals surface area contributed by atoms with Gasteiger partial charge in [0.25, 0.3) is 5.91 Å². The first-order valence-corrected chi connectivity index (χ1v) is 6.92. The van der Waals surface area contributed by atoms with Crippen molar-refractivity contribution < 1.29 is 4.79 Å². The molecular weight excluding hydrogens is 298 g/mol. The lowest BCUT2D eigenvalue weighted by molar-refractivity contribution is 0.102. The molecule has 0 fully saturated rings. The van der Waals surface area contributed by atoms with Crippen LogP contribution in [-0.2, 0) is 0 Å².